The highest BCUT2D eigenvalue weighted by Crippen LogP contribution is 2.20. The Labute approximate surface area is 163 Å². The van der Waals surface area contributed by atoms with Crippen molar-refractivity contribution in [3.63, 3.8) is 0 Å². The van der Waals surface area contributed by atoms with Crippen molar-refractivity contribution in [1.29, 1.82) is 0 Å². The molecule has 0 unspecified atom stereocenters. The summed E-state index contributed by atoms with van der Waals surface area (Å²) in [5, 5.41) is 5.52. The second-order valence-corrected chi connectivity index (χ2v) is 7.24. The summed E-state index contributed by atoms with van der Waals surface area (Å²) in [5.74, 6) is -2.12. The molecule has 8 heteroatoms. The van der Waals surface area contributed by atoms with Crippen LogP contribution in [0.15, 0.2) is 24.3 Å². The molecule has 0 bridgehead atoms. The number of amides is 2. The van der Waals surface area contributed by atoms with Crippen LogP contribution in [0.2, 0.25) is 0 Å². The van der Waals surface area contributed by atoms with Gasteiger partial charge in [0.05, 0.1) is 11.1 Å². The van der Waals surface area contributed by atoms with Crippen molar-refractivity contribution in [2.24, 2.45) is 0 Å². The highest BCUT2D eigenvalue weighted by molar-refractivity contribution is 5.97. The van der Waals surface area contributed by atoms with Crippen LogP contribution in [-0.4, -0.2) is 48.0 Å². The first-order valence-electron chi connectivity index (χ1n) is 9.46. The predicted octanol–water partition coefficient (Wildman–Crippen LogP) is 1.33. The van der Waals surface area contributed by atoms with E-state index in [-0.39, 0.29) is 35.0 Å². The molecule has 2 atom stereocenters. The van der Waals surface area contributed by atoms with Crippen molar-refractivity contribution in [3.8, 4) is 0 Å². The van der Waals surface area contributed by atoms with Crippen LogP contribution in [0.5, 0.6) is 0 Å². The largest absolute Gasteiger partial charge is 0.449 e. The van der Waals surface area contributed by atoms with Gasteiger partial charge in [0.2, 0.25) is 0 Å². The molecule has 0 saturated heterocycles. The van der Waals surface area contributed by atoms with Crippen LogP contribution in [0.3, 0.4) is 0 Å². The summed E-state index contributed by atoms with van der Waals surface area (Å²) < 4.78 is 10.3. The molecule has 0 heterocycles. The maximum absolute atomic E-state index is 12.3. The van der Waals surface area contributed by atoms with Gasteiger partial charge < -0.3 is 20.1 Å². The van der Waals surface area contributed by atoms with Gasteiger partial charge in [-0.25, -0.2) is 9.59 Å². The van der Waals surface area contributed by atoms with E-state index in [4.69, 9.17) is 9.47 Å². The molecule has 0 aromatic heterocycles. The summed E-state index contributed by atoms with van der Waals surface area (Å²) in [6.07, 6.45) is 1.88. The van der Waals surface area contributed by atoms with Crippen LogP contribution in [0.4, 0.5) is 0 Å². The Kier molecular flexibility index (Phi) is 5.96. The topological polar surface area (TPSA) is 111 Å². The molecule has 2 amide bonds. The van der Waals surface area contributed by atoms with E-state index in [1.165, 1.54) is 38.1 Å². The summed E-state index contributed by atoms with van der Waals surface area (Å²) in [6.45, 7) is 2.99. The first kappa shape index (κ1) is 19.9. The van der Waals surface area contributed by atoms with Crippen LogP contribution in [0.25, 0.3) is 0 Å². The Hall–Kier alpha value is -2.90. The van der Waals surface area contributed by atoms with E-state index in [0.717, 1.165) is 25.7 Å². The second kappa shape index (κ2) is 8.41. The fraction of sp³-hybridized carbons (Fsp3) is 0.500. The number of benzene rings is 1. The van der Waals surface area contributed by atoms with E-state index in [0.29, 0.717) is 0 Å². The van der Waals surface area contributed by atoms with Gasteiger partial charge in [0.15, 0.2) is 12.2 Å². The molecular formula is C20H24N2O6. The van der Waals surface area contributed by atoms with Gasteiger partial charge in [-0.3, -0.25) is 9.59 Å². The molecule has 28 heavy (non-hydrogen) atoms. The molecule has 2 saturated carbocycles. The van der Waals surface area contributed by atoms with Crippen LogP contribution in [-0.2, 0) is 19.1 Å². The molecular weight excluding hydrogens is 364 g/mol. The number of hydrogen-bond acceptors (Lipinski definition) is 6. The maximum atomic E-state index is 12.3. The molecule has 2 aliphatic carbocycles. The zero-order chi connectivity index (χ0) is 20.3. The molecule has 0 radical (unpaired) electrons. The Bertz CT molecular complexity index is 723. The Morgan fingerprint density at radius 2 is 1.21 bits per heavy atom. The third-order valence-electron chi connectivity index (χ3n) is 4.49. The molecule has 3 rings (SSSR count). The molecule has 2 fully saturated rings. The van der Waals surface area contributed by atoms with Gasteiger partial charge in [0, 0.05) is 12.1 Å². The smallest absolute Gasteiger partial charge is 0.338 e. The molecule has 150 valence electrons. The van der Waals surface area contributed by atoms with Crippen molar-refractivity contribution >= 4 is 23.8 Å². The lowest BCUT2D eigenvalue weighted by molar-refractivity contribution is -0.129. The zero-order valence-electron chi connectivity index (χ0n) is 15.9. The van der Waals surface area contributed by atoms with Gasteiger partial charge >= 0.3 is 11.9 Å². The van der Waals surface area contributed by atoms with Crippen LogP contribution >= 0.6 is 0 Å². The van der Waals surface area contributed by atoms with Gasteiger partial charge in [-0.15, -0.1) is 0 Å². The summed E-state index contributed by atoms with van der Waals surface area (Å²) in [6, 6.07) is 6.14. The quantitative estimate of drug-likeness (QED) is 0.650. The lowest BCUT2D eigenvalue weighted by atomic mass is 10.1. The molecule has 1 aromatic rings. The lowest BCUT2D eigenvalue weighted by Gasteiger charge is -2.14. The summed E-state index contributed by atoms with van der Waals surface area (Å²) in [7, 11) is 0. The standard InChI is InChI=1S/C20H24N2O6/c1-11(17(23)21-15-6-7-15)27-19(25)13-4-3-5-14(10-13)20(26)28-12(2)18(24)22-16-8-9-16/h3-5,10-12,15-16H,6-9H2,1-2H3,(H,21,23)(H,22,24)/t11-,12+. The first-order chi connectivity index (χ1) is 13.3. The third kappa shape index (κ3) is 5.55. The number of rotatable bonds is 8. The maximum Gasteiger partial charge on any atom is 0.338 e. The van der Waals surface area contributed by atoms with Gasteiger partial charge in [-0.1, -0.05) is 6.07 Å². The van der Waals surface area contributed by atoms with Crippen molar-refractivity contribution in [1.82, 2.24) is 10.6 Å². The molecule has 1 aromatic carbocycles. The van der Waals surface area contributed by atoms with E-state index in [1.54, 1.807) is 0 Å². The highest BCUT2D eigenvalue weighted by atomic mass is 16.6. The summed E-state index contributed by atoms with van der Waals surface area (Å²) >= 11 is 0. The average Bonchev–Trinajstić information content (AvgIpc) is 3.58. The minimum atomic E-state index is -0.935. The molecule has 8 nitrogen and oxygen atoms in total. The molecule has 2 aliphatic rings. The minimum absolute atomic E-state index is 0.121. The SMILES string of the molecule is C[C@H](OC(=O)c1cccc(C(=O)O[C@H](C)C(=O)NC2CC2)c1)C(=O)NC1CC1. The van der Waals surface area contributed by atoms with E-state index in [1.807, 2.05) is 0 Å². The normalized spacial score (nSPS) is 17.8. The van der Waals surface area contributed by atoms with Gasteiger partial charge in [-0.05, 0) is 57.7 Å². The number of hydrogen-bond donors (Lipinski definition) is 2. The van der Waals surface area contributed by atoms with E-state index in [9.17, 15) is 19.2 Å². The van der Waals surface area contributed by atoms with Gasteiger partial charge in [-0.2, -0.15) is 0 Å². The van der Waals surface area contributed by atoms with E-state index in [2.05, 4.69) is 10.6 Å². The van der Waals surface area contributed by atoms with Gasteiger partial charge in [0.25, 0.3) is 11.8 Å². The number of esters is 2. The Balaban J connectivity index is 1.55. The number of nitrogens with one attached hydrogen (secondary N) is 2. The van der Waals surface area contributed by atoms with Crippen molar-refractivity contribution in [2.45, 2.75) is 63.8 Å². The predicted molar refractivity (Wildman–Crippen MR) is 98.5 cm³/mol. The Morgan fingerprint density at radius 3 is 1.57 bits per heavy atom. The van der Waals surface area contributed by atoms with Crippen molar-refractivity contribution in [3.05, 3.63) is 35.4 Å². The zero-order valence-corrected chi connectivity index (χ0v) is 15.9. The van der Waals surface area contributed by atoms with Crippen molar-refractivity contribution in [2.75, 3.05) is 0 Å². The fourth-order valence-electron chi connectivity index (χ4n) is 2.43. The van der Waals surface area contributed by atoms with Crippen LogP contribution in [0, 0.1) is 0 Å². The van der Waals surface area contributed by atoms with Gasteiger partial charge in [0.1, 0.15) is 0 Å². The molecule has 0 spiro atoms. The number of ether oxygens (including phenoxy) is 2. The number of carbonyl (C=O) groups is 4. The highest BCUT2D eigenvalue weighted by Gasteiger charge is 2.29. The van der Waals surface area contributed by atoms with E-state index >= 15 is 0 Å². The Morgan fingerprint density at radius 1 is 0.821 bits per heavy atom. The lowest BCUT2D eigenvalue weighted by Crippen LogP contribution is -2.37. The number of carbonyl (C=O) groups excluding carboxylic acids is 4. The third-order valence-corrected chi connectivity index (χ3v) is 4.49. The average molecular weight is 388 g/mol. The molecule has 2 N–H and O–H groups in total. The van der Waals surface area contributed by atoms with Crippen LogP contribution < -0.4 is 10.6 Å². The summed E-state index contributed by atoms with van der Waals surface area (Å²) in [4.78, 5) is 48.4. The summed E-state index contributed by atoms with van der Waals surface area (Å²) in [5.41, 5.74) is 0.242. The van der Waals surface area contributed by atoms with Crippen LogP contribution in [0.1, 0.15) is 60.2 Å². The van der Waals surface area contributed by atoms with E-state index < -0.39 is 24.1 Å². The minimum Gasteiger partial charge on any atom is -0.449 e. The second-order valence-electron chi connectivity index (χ2n) is 7.24. The fourth-order valence-corrected chi connectivity index (χ4v) is 2.43. The monoisotopic (exact) mass is 388 g/mol. The molecule has 0 aliphatic heterocycles. The first-order valence-corrected chi connectivity index (χ1v) is 9.46. The van der Waals surface area contributed by atoms with Crippen molar-refractivity contribution < 1.29 is 28.7 Å².